The van der Waals surface area contributed by atoms with E-state index >= 15 is 0 Å². The predicted molar refractivity (Wildman–Crippen MR) is 131 cm³/mol. The standard InChI is InChI=1S/C25H21FN4O4S/c26-16-5-7-17(8-6-16)28-23(32)14-30-24(33)21(35-25(30)34)11-15-12-29(13-22(31)27-18-9-10-18)20-4-2-1-3-19(15)20/h1-8,11-12,18H,9-10,13-14H2,(H,27,31)(H,28,32)/b21-11-. The van der Waals surface area contributed by atoms with Gasteiger partial charge in [0.1, 0.15) is 18.9 Å². The summed E-state index contributed by atoms with van der Waals surface area (Å²) in [5.74, 6) is -1.66. The highest BCUT2D eigenvalue weighted by molar-refractivity contribution is 8.18. The van der Waals surface area contributed by atoms with Gasteiger partial charge >= 0.3 is 0 Å². The Hall–Kier alpha value is -3.92. The molecular weight excluding hydrogens is 471 g/mol. The van der Waals surface area contributed by atoms with Gasteiger partial charge in [-0.15, -0.1) is 0 Å². The van der Waals surface area contributed by atoms with Gasteiger partial charge in [0.15, 0.2) is 0 Å². The molecule has 10 heteroatoms. The van der Waals surface area contributed by atoms with Crippen molar-refractivity contribution in [3.05, 3.63) is 71.0 Å². The van der Waals surface area contributed by atoms with Gasteiger partial charge in [0, 0.05) is 34.4 Å². The molecule has 1 aliphatic carbocycles. The second-order valence-electron chi connectivity index (χ2n) is 8.39. The lowest BCUT2D eigenvalue weighted by Gasteiger charge is -2.12. The van der Waals surface area contributed by atoms with E-state index in [0.717, 1.165) is 40.4 Å². The zero-order chi connectivity index (χ0) is 24.5. The van der Waals surface area contributed by atoms with E-state index in [-0.39, 0.29) is 23.4 Å². The zero-order valence-corrected chi connectivity index (χ0v) is 19.3. The number of carbonyl (C=O) groups is 4. The van der Waals surface area contributed by atoms with Crippen molar-refractivity contribution in [1.82, 2.24) is 14.8 Å². The van der Waals surface area contributed by atoms with Crippen molar-refractivity contribution in [3.63, 3.8) is 0 Å². The molecule has 2 heterocycles. The van der Waals surface area contributed by atoms with E-state index in [0.29, 0.717) is 11.3 Å². The summed E-state index contributed by atoms with van der Waals surface area (Å²) in [6.45, 7) is -0.307. The molecule has 0 atom stereocenters. The molecule has 2 aromatic carbocycles. The number of anilines is 1. The first-order chi connectivity index (χ1) is 16.9. The molecular formula is C25H21FN4O4S. The Balaban J connectivity index is 1.33. The van der Waals surface area contributed by atoms with Crippen LogP contribution < -0.4 is 10.6 Å². The molecule has 1 aliphatic heterocycles. The van der Waals surface area contributed by atoms with Gasteiger partial charge in [0.05, 0.1) is 4.91 Å². The van der Waals surface area contributed by atoms with Crippen LogP contribution in [0, 0.1) is 5.82 Å². The molecule has 5 rings (SSSR count). The van der Waals surface area contributed by atoms with Crippen LogP contribution in [0.25, 0.3) is 17.0 Å². The summed E-state index contributed by atoms with van der Waals surface area (Å²) >= 11 is 0.756. The van der Waals surface area contributed by atoms with Crippen molar-refractivity contribution >= 4 is 57.4 Å². The molecule has 178 valence electrons. The first kappa shape index (κ1) is 22.9. The van der Waals surface area contributed by atoms with E-state index in [1.165, 1.54) is 24.3 Å². The number of thioether (sulfide) groups is 1. The molecule has 0 unspecified atom stereocenters. The van der Waals surface area contributed by atoms with Gasteiger partial charge in [-0.3, -0.25) is 24.1 Å². The fourth-order valence-corrected chi connectivity index (χ4v) is 4.66. The number of aromatic nitrogens is 1. The Bertz CT molecular complexity index is 1380. The number of hydrogen-bond donors (Lipinski definition) is 2. The molecule has 2 N–H and O–H groups in total. The Kier molecular flexibility index (Phi) is 6.12. The van der Waals surface area contributed by atoms with E-state index in [1.807, 2.05) is 28.8 Å². The van der Waals surface area contributed by atoms with Crippen molar-refractivity contribution in [2.45, 2.75) is 25.4 Å². The van der Waals surface area contributed by atoms with Crippen LogP contribution in [0.4, 0.5) is 14.9 Å². The number of amides is 4. The van der Waals surface area contributed by atoms with Gasteiger partial charge in [-0.05, 0) is 61.0 Å². The number of rotatable bonds is 7. The Morgan fingerprint density at radius 2 is 1.77 bits per heavy atom. The molecule has 1 saturated carbocycles. The molecule has 0 radical (unpaired) electrons. The summed E-state index contributed by atoms with van der Waals surface area (Å²) < 4.78 is 14.9. The fourth-order valence-electron chi connectivity index (χ4n) is 3.83. The van der Waals surface area contributed by atoms with E-state index in [1.54, 1.807) is 12.3 Å². The second-order valence-corrected chi connectivity index (χ2v) is 9.39. The van der Waals surface area contributed by atoms with Crippen molar-refractivity contribution in [2.75, 3.05) is 11.9 Å². The van der Waals surface area contributed by atoms with Gasteiger partial charge < -0.3 is 15.2 Å². The van der Waals surface area contributed by atoms with E-state index < -0.39 is 29.4 Å². The summed E-state index contributed by atoms with van der Waals surface area (Å²) in [7, 11) is 0. The number of fused-ring (bicyclic) bond motifs is 1. The van der Waals surface area contributed by atoms with E-state index in [9.17, 15) is 23.6 Å². The molecule has 2 aliphatic rings. The summed E-state index contributed by atoms with van der Waals surface area (Å²) in [6.07, 6.45) is 5.40. The molecule has 0 bridgehead atoms. The van der Waals surface area contributed by atoms with Crippen molar-refractivity contribution in [3.8, 4) is 0 Å². The van der Waals surface area contributed by atoms with Crippen molar-refractivity contribution < 1.29 is 23.6 Å². The van der Waals surface area contributed by atoms with Gasteiger partial charge in [0.25, 0.3) is 11.1 Å². The SMILES string of the molecule is O=C(CN1C(=O)S/C(=C\c2cn(CC(=O)NC3CC3)c3ccccc23)C1=O)Nc1ccc(F)cc1. The monoisotopic (exact) mass is 492 g/mol. The summed E-state index contributed by atoms with van der Waals surface area (Å²) in [6, 6.07) is 12.9. The second kappa shape index (κ2) is 9.38. The third kappa shape index (κ3) is 5.12. The first-order valence-electron chi connectivity index (χ1n) is 11.1. The van der Waals surface area contributed by atoms with Crippen LogP contribution in [0.15, 0.2) is 59.6 Å². The smallest absolute Gasteiger partial charge is 0.294 e. The van der Waals surface area contributed by atoms with Gasteiger partial charge in [-0.2, -0.15) is 0 Å². The van der Waals surface area contributed by atoms with Crippen LogP contribution in [0.5, 0.6) is 0 Å². The Morgan fingerprint density at radius 3 is 2.51 bits per heavy atom. The quantitative estimate of drug-likeness (QED) is 0.490. The first-order valence-corrected chi connectivity index (χ1v) is 11.9. The average Bonchev–Trinajstić information content (AvgIpc) is 3.53. The molecule has 3 aromatic rings. The lowest BCUT2D eigenvalue weighted by atomic mass is 10.1. The number of carbonyl (C=O) groups excluding carboxylic acids is 4. The number of nitrogens with one attached hydrogen (secondary N) is 2. The summed E-state index contributed by atoms with van der Waals surface area (Å²) in [4.78, 5) is 51.1. The lowest BCUT2D eigenvalue weighted by molar-refractivity contribution is -0.127. The molecule has 2 fully saturated rings. The molecule has 35 heavy (non-hydrogen) atoms. The maximum atomic E-state index is 13.0. The third-order valence-electron chi connectivity index (χ3n) is 5.67. The maximum absolute atomic E-state index is 13.0. The number of halogens is 1. The highest BCUT2D eigenvalue weighted by Crippen LogP contribution is 2.34. The molecule has 8 nitrogen and oxygen atoms in total. The summed E-state index contributed by atoms with van der Waals surface area (Å²) in [5, 5.41) is 5.80. The number of hydrogen-bond acceptors (Lipinski definition) is 5. The average molecular weight is 493 g/mol. The minimum Gasteiger partial charge on any atom is -0.352 e. The maximum Gasteiger partial charge on any atom is 0.294 e. The fraction of sp³-hybridized carbons (Fsp3) is 0.200. The highest BCUT2D eigenvalue weighted by atomic mass is 32.2. The zero-order valence-electron chi connectivity index (χ0n) is 18.5. The Labute approximate surface area is 204 Å². The van der Waals surface area contributed by atoms with Crippen molar-refractivity contribution in [2.24, 2.45) is 0 Å². The van der Waals surface area contributed by atoms with Crippen LogP contribution in [0.3, 0.4) is 0 Å². The van der Waals surface area contributed by atoms with Crippen LogP contribution in [0.2, 0.25) is 0 Å². The van der Waals surface area contributed by atoms with Crippen LogP contribution in [-0.4, -0.2) is 45.0 Å². The van der Waals surface area contributed by atoms with E-state index in [2.05, 4.69) is 10.6 Å². The normalized spacial score (nSPS) is 16.8. The Morgan fingerprint density at radius 1 is 1.03 bits per heavy atom. The van der Waals surface area contributed by atoms with Gasteiger partial charge in [-0.1, -0.05) is 18.2 Å². The largest absolute Gasteiger partial charge is 0.352 e. The van der Waals surface area contributed by atoms with Crippen LogP contribution >= 0.6 is 11.8 Å². The van der Waals surface area contributed by atoms with Crippen molar-refractivity contribution in [1.29, 1.82) is 0 Å². The topological polar surface area (TPSA) is 101 Å². The van der Waals surface area contributed by atoms with Crippen LogP contribution in [-0.2, 0) is 20.9 Å². The number of para-hydroxylation sites is 1. The van der Waals surface area contributed by atoms with Gasteiger partial charge in [0.2, 0.25) is 11.8 Å². The highest BCUT2D eigenvalue weighted by Gasteiger charge is 2.36. The lowest BCUT2D eigenvalue weighted by Crippen LogP contribution is -2.36. The van der Waals surface area contributed by atoms with Crippen LogP contribution in [0.1, 0.15) is 18.4 Å². The minimum atomic E-state index is -0.572. The molecule has 1 saturated heterocycles. The van der Waals surface area contributed by atoms with Gasteiger partial charge in [-0.25, -0.2) is 4.39 Å². The molecule has 1 aromatic heterocycles. The number of benzene rings is 2. The number of nitrogens with zero attached hydrogens (tertiary/aromatic N) is 2. The van der Waals surface area contributed by atoms with E-state index in [4.69, 9.17) is 0 Å². The molecule has 0 spiro atoms. The minimum absolute atomic E-state index is 0.0766. The predicted octanol–water partition coefficient (Wildman–Crippen LogP) is 3.73. The third-order valence-corrected chi connectivity index (χ3v) is 6.57. The number of imide groups is 1. The summed E-state index contributed by atoms with van der Waals surface area (Å²) in [5.41, 5.74) is 1.89. The molecule has 4 amide bonds.